The van der Waals surface area contributed by atoms with Crippen LogP contribution < -0.4 is 0 Å². The van der Waals surface area contributed by atoms with Crippen molar-refractivity contribution in [3.8, 4) is 0 Å². The van der Waals surface area contributed by atoms with E-state index in [4.69, 9.17) is 5.11 Å². The molecular weight excluding hydrogens is 162 g/mol. The fourth-order valence-electron chi connectivity index (χ4n) is 2.34. The summed E-state index contributed by atoms with van der Waals surface area (Å²) in [6.07, 6.45) is 3.91. The molecule has 78 valence electrons. The maximum atomic E-state index is 9.11. The highest BCUT2D eigenvalue weighted by Gasteiger charge is 2.28. The van der Waals surface area contributed by atoms with E-state index in [1.165, 1.54) is 25.8 Å². The molecule has 1 aliphatic rings. The van der Waals surface area contributed by atoms with Crippen LogP contribution in [0.2, 0.25) is 0 Å². The van der Waals surface area contributed by atoms with Crippen LogP contribution in [0.1, 0.15) is 40.0 Å². The largest absolute Gasteiger partial charge is 0.395 e. The third kappa shape index (κ3) is 2.96. The molecule has 1 fully saturated rings. The lowest BCUT2D eigenvalue weighted by Crippen LogP contribution is -2.39. The maximum absolute atomic E-state index is 9.11. The third-order valence-corrected chi connectivity index (χ3v) is 3.00. The van der Waals surface area contributed by atoms with E-state index in [2.05, 4.69) is 25.7 Å². The van der Waals surface area contributed by atoms with Gasteiger partial charge in [0.25, 0.3) is 0 Å². The van der Waals surface area contributed by atoms with Crippen LogP contribution in [0.25, 0.3) is 0 Å². The molecule has 0 amide bonds. The van der Waals surface area contributed by atoms with Gasteiger partial charge in [0, 0.05) is 12.1 Å². The van der Waals surface area contributed by atoms with Gasteiger partial charge >= 0.3 is 0 Å². The van der Waals surface area contributed by atoms with Crippen LogP contribution in [0.15, 0.2) is 0 Å². The molecule has 0 spiro atoms. The van der Waals surface area contributed by atoms with Crippen molar-refractivity contribution in [1.29, 1.82) is 0 Å². The summed E-state index contributed by atoms with van der Waals surface area (Å²) < 4.78 is 0. The molecule has 2 atom stereocenters. The maximum Gasteiger partial charge on any atom is 0.0584 e. The summed E-state index contributed by atoms with van der Waals surface area (Å²) in [6, 6.07) is 1.08. The predicted molar refractivity (Wildman–Crippen MR) is 55.7 cm³/mol. The molecule has 0 radical (unpaired) electrons. The fraction of sp³-hybridized carbons (Fsp3) is 1.00. The number of aliphatic hydroxyl groups excluding tert-OH is 1. The van der Waals surface area contributed by atoms with Gasteiger partial charge in [-0.25, -0.2) is 0 Å². The van der Waals surface area contributed by atoms with Gasteiger partial charge in [0.1, 0.15) is 0 Å². The van der Waals surface area contributed by atoms with Crippen LogP contribution in [0, 0.1) is 5.92 Å². The van der Waals surface area contributed by atoms with Gasteiger partial charge in [0.15, 0.2) is 0 Å². The molecule has 2 heteroatoms. The zero-order valence-corrected chi connectivity index (χ0v) is 9.16. The molecule has 0 aromatic carbocycles. The highest BCUT2D eigenvalue weighted by molar-refractivity contribution is 4.83. The number of rotatable bonds is 4. The van der Waals surface area contributed by atoms with Crippen LogP contribution in [0.5, 0.6) is 0 Å². The number of hydrogen-bond donors (Lipinski definition) is 1. The Balaban J connectivity index is 2.43. The first kappa shape index (κ1) is 11.0. The lowest BCUT2D eigenvalue weighted by atomic mass is 10.0. The van der Waals surface area contributed by atoms with E-state index < -0.39 is 0 Å². The second kappa shape index (κ2) is 4.97. The Bertz CT molecular complexity index is 147. The van der Waals surface area contributed by atoms with E-state index >= 15 is 0 Å². The number of hydrogen-bond acceptors (Lipinski definition) is 2. The monoisotopic (exact) mass is 185 g/mol. The van der Waals surface area contributed by atoms with Crippen molar-refractivity contribution < 1.29 is 5.11 Å². The SMILES string of the molecule is CC(C)CC1CCCN1C(C)CO. The Morgan fingerprint density at radius 2 is 2.08 bits per heavy atom. The number of nitrogens with zero attached hydrogens (tertiary/aromatic N) is 1. The minimum absolute atomic E-state index is 0.300. The van der Waals surface area contributed by atoms with E-state index in [0.29, 0.717) is 12.6 Å². The van der Waals surface area contributed by atoms with Gasteiger partial charge in [-0.1, -0.05) is 13.8 Å². The van der Waals surface area contributed by atoms with E-state index in [1.807, 2.05) is 0 Å². The van der Waals surface area contributed by atoms with Crippen molar-refractivity contribution in [2.24, 2.45) is 5.92 Å². The topological polar surface area (TPSA) is 23.5 Å². The Morgan fingerprint density at radius 1 is 1.38 bits per heavy atom. The molecule has 0 aliphatic carbocycles. The second-order valence-electron chi connectivity index (χ2n) is 4.70. The Morgan fingerprint density at radius 3 is 2.62 bits per heavy atom. The normalized spacial score (nSPS) is 27.0. The summed E-state index contributed by atoms with van der Waals surface area (Å²) >= 11 is 0. The average Bonchev–Trinajstić information content (AvgIpc) is 2.50. The molecule has 2 nitrogen and oxygen atoms in total. The quantitative estimate of drug-likeness (QED) is 0.723. The van der Waals surface area contributed by atoms with Crippen LogP contribution in [0.3, 0.4) is 0 Å². The predicted octanol–water partition coefficient (Wildman–Crippen LogP) is 1.88. The van der Waals surface area contributed by atoms with Crippen LogP contribution in [0.4, 0.5) is 0 Å². The van der Waals surface area contributed by atoms with E-state index in [1.54, 1.807) is 0 Å². The number of aliphatic hydroxyl groups is 1. The molecule has 1 rings (SSSR count). The minimum atomic E-state index is 0.300. The lowest BCUT2D eigenvalue weighted by Gasteiger charge is -2.30. The Kier molecular flexibility index (Phi) is 4.20. The van der Waals surface area contributed by atoms with Gasteiger partial charge in [-0.2, -0.15) is 0 Å². The molecule has 0 aromatic rings. The standard InChI is InChI=1S/C11H23NO/c1-9(2)7-11-5-4-6-12(11)10(3)8-13/h9-11,13H,4-8H2,1-3H3. The van der Waals surface area contributed by atoms with Gasteiger partial charge in [-0.05, 0) is 38.6 Å². The van der Waals surface area contributed by atoms with Crippen molar-refractivity contribution in [1.82, 2.24) is 4.90 Å². The summed E-state index contributed by atoms with van der Waals surface area (Å²) in [7, 11) is 0. The summed E-state index contributed by atoms with van der Waals surface area (Å²) in [5.74, 6) is 0.775. The fourth-order valence-corrected chi connectivity index (χ4v) is 2.34. The Labute approximate surface area is 81.9 Å². The van der Waals surface area contributed by atoms with Crippen molar-refractivity contribution in [2.75, 3.05) is 13.2 Å². The first-order chi connectivity index (χ1) is 6.15. The summed E-state index contributed by atoms with van der Waals surface area (Å²) in [4.78, 5) is 2.47. The van der Waals surface area contributed by atoms with Gasteiger partial charge < -0.3 is 5.11 Å². The van der Waals surface area contributed by atoms with Crippen molar-refractivity contribution in [3.05, 3.63) is 0 Å². The van der Waals surface area contributed by atoms with E-state index in [9.17, 15) is 0 Å². The first-order valence-corrected chi connectivity index (χ1v) is 5.51. The third-order valence-electron chi connectivity index (χ3n) is 3.00. The summed E-state index contributed by atoms with van der Waals surface area (Å²) in [5.41, 5.74) is 0. The summed E-state index contributed by atoms with van der Waals surface area (Å²) in [6.45, 7) is 8.16. The Hall–Kier alpha value is -0.0800. The van der Waals surface area contributed by atoms with Gasteiger partial charge in [-0.15, -0.1) is 0 Å². The second-order valence-corrected chi connectivity index (χ2v) is 4.70. The molecule has 1 saturated heterocycles. The molecular formula is C11H23NO. The van der Waals surface area contributed by atoms with Crippen molar-refractivity contribution >= 4 is 0 Å². The van der Waals surface area contributed by atoms with Crippen LogP contribution >= 0.6 is 0 Å². The molecule has 2 unspecified atom stereocenters. The zero-order chi connectivity index (χ0) is 9.84. The smallest absolute Gasteiger partial charge is 0.0584 e. The number of likely N-dealkylation sites (tertiary alicyclic amines) is 1. The molecule has 1 aliphatic heterocycles. The lowest BCUT2D eigenvalue weighted by molar-refractivity contribution is 0.114. The highest BCUT2D eigenvalue weighted by Crippen LogP contribution is 2.25. The zero-order valence-electron chi connectivity index (χ0n) is 9.16. The molecule has 1 N–H and O–H groups in total. The van der Waals surface area contributed by atoms with Crippen molar-refractivity contribution in [2.45, 2.75) is 52.1 Å². The summed E-state index contributed by atoms with van der Waals surface area (Å²) in [5, 5.41) is 9.11. The van der Waals surface area contributed by atoms with Crippen LogP contribution in [-0.4, -0.2) is 35.2 Å². The molecule has 0 aromatic heterocycles. The van der Waals surface area contributed by atoms with Gasteiger partial charge in [-0.3, -0.25) is 4.90 Å². The molecule has 13 heavy (non-hydrogen) atoms. The van der Waals surface area contributed by atoms with Gasteiger partial charge in [0.05, 0.1) is 6.61 Å². The van der Waals surface area contributed by atoms with Crippen molar-refractivity contribution in [3.63, 3.8) is 0 Å². The minimum Gasteiger partial charge on any atom is -0.395 e. The first-order valence-electron chi connectivity index (χ1n) is 5.51. The van der Waals surface area contributed by atoms with Gasteiger partial charge in [0.2, 0.25) is 0 Å². The van der Waals surface area contributed by atoms with Crippen LogP contribution in [-0.2, 0) is 0 Å². The molecule has 1 heterocycles. The molecule has 0 bridgehead atoms. The average molecular weight is 185 g/mol. The highest BCUT2D eigenvalue weighted by atomic mass is 16.3. The van der Waals surface area contributed by atoms with E-state index in [0.717, 1.165) is 12.0 Å². The van der Waals surface area contributed by atoms with E-state index in [-0.39, 0.29) is 0 Å². The molecule has 0 saturated carbocycles.